The third-order valence-corrected chi connectivity index (χ3v) is 4.22. The van der Waals surface area contributed by atoms with E-state index in [-0.39, 0.29) is 5.91 Å². The Morgan fingerprint density at radius 1 is 1.29 bits per heavy atom. The van der Waals surface area contributed by atoms with E-state index in [9.17, 15) is 4.79 Å². The maximum Gasteiger partial charge on any atom is 0.230 e. The van der Waals surface area contributed by atoms with Gasteiger partial charge in [-0.05, 0) is 37.5 Å². The van der Waals surface area contributed by atoms with Crippen LogP contribution in [-0.2, 0) is 17.6 Å². The predicted molar refractivity (Wildman–Crippen MR) is 95.4 cm³/mol. The Labute approximate surface area is 146 Å². The van der Waals surface area contributed by atoms with Gasteiger partial charge in [-0.15, -0.1) is 5.10 Å². The van der Waals surface area contributed by atoms with Crippen LogP contribution < -0.4 is 10.1 Å². The van der Waals surface area contributed by atoms with Crippen molar-refractivity contribution in [2.24, 2.45) is 0 Å². The predicted octanol–water partition coefficient (Wildman–Crippen LogP) is 2.61. The van der Waals surface area contributed by atoms with Crippen molar-refractivity contribution in [2.45, 2.75) is 38.3 Å². The molecule has 2 rings (SSSR count). The molecular weight excluding hydrogens is 324 g/mol. The summed E-state index contributed by atoms with van der Waals surface area (Å²) in [6, 6.07) is 8.10. The average molecular weight is 348 g/mol. The fourth-order valence-electron chi connectivity index (χ4n) is 2.12. The molecule has 0 aliphatic heterocycles. The fourth-order valence-corrected chi connectivity index (χ4v) is 2.77. The smallest absolute Gasteiger partial charge is 0.230 e. The molecule has 24 heavy (non-hydrogen) atoms. The molecule has 0 bridgehead atoms. The number of ether oxygens (including phenoxy) is 1. The number of thioether (sulfide) groups is 1. The van der Waals surface area contributed by atoms with Crippen LogP contribution >= 0.6 is 11.8 Å². The zero-order chi connectivity index (χ0) is 17.2. The maximum absolute atomic E-state index is 11.8. The highest BCUT2D eigenvalue weighted by atomic mass is 32.2. The second-order valence-electron chi connectivity index (χ2n) is 5.24. The summed E-state index contributed by atoms with van der Waals surface area (Å²) in [5.41, 5.74) is 1.25. The number of hydrogen-bond donors (Lipinski definition) is 2. The van der Waals surface area contributed by atoms with Gasteiger partial charge in [0.2, 0.25) is 11.1 Å². The molecule has 2 aromatic rings. The van der Waals surface area contributed by atoms with Crippen molar-refractivity contribution in [2.75, 3.05) is 18.9 Å². The molecule has 0 atom stereocenters. The molecule has 1 amide bonds. The molecule has 0 saturated heterocycles. The fraction of sp³-hybridized carbons (Fsp3) is 0.471. The van der Waals surface area contributed by atoms with Crippen LogP contribution in [-0.4, -0.2) is 40.0 Å². The van der Waals surface area contributed by atoms with Gasteiger partial charge in [0.05, 0.1) is 12.4 Å². The summed E-state index contributed by atoms with van der Waals surface area (Å²) in [6.45, 7) is 5.32. The highest BCUT2D eigenvalue weighted by Crippen LogP contribution is 2.13. The van der Waals surface area contributed by atoms with Crippen molar-refractivity contribution in [3.8, 4) is 5.75 Å². The largest absolute Gasteiger partial charge is 0.494 e. The van der Waals surface area contributed by atoms with Gasteiger partial charge < -0.3 is 10.1 Å². The molecule has 1 aromatic carbocycles. The molecule has 6 nitrogen and oxygen atoms in total. The van der Waals surface area contributed by atoms with Crippen molar-refractivity contribution in [3.05, 3.63) is 35.7 Å². The second-order valence-corrected chi connectivity index (χ2v) is 6.18. The quantitative estimate of drug-likeness (QED) is 0.510. The van der Waals surface area contributed by atoms with Crippen molar-refractivity contribution in [1.29, 1.82) is 0 Å². The molecule has 0 aliphatic carbocycles. The lowest BCUT2D eigenvalue weighted by atomic mass is 10.1. The van der Waals surface area contributed by atoms with E-state index in [4.69, 9.17) is 4.74 Å². The Kier molecular flexibility index (Phi) is 7.61. The third kappa shape index (κ3) is 6.23. The van der Waals surface area contributed by atoms with E-state index in [2.05, 4.69) is 32.6 Å². The van der Waals surface area contributed by atoms with Gasteiger partial charge in [0.25, 0.3) is 0 Å². The lowest BCUT2D eigenvalue weighted by molar-refractivity contribution is -0.118. The first-order valence-electron chi connectivity index (χ1n) is 8.23. The number of hydrogen-bond acceptors (Lipinski definition) is 5. The summed E-state index contributed by atoms with van der Waals surface area (Å²) in [4.78, 5) is 16.1. The minimum atomic E-state index is 0.00884. The minimum absolute atomic E-state index is 0.00884. The van der Waals surface area contributed by atoms with Crippen LogP contribution in [0.5, 0.6) is 5.75 Å². The van der Waals surface area contributed by atoms with Crippen LogP contribution in [0.25, 0.3) is 0 Å². The van der Waals surface area contributed by atoms with Gasteiger partial charge >= 0.3 is 0 Å². The number of carbonyl (C=O) groups is 1. The first-order valence-corrected chi connectivity index (χ1v) is 9.22. The number of amides is 1. The van der Waals surface area contributed by atoms with E-state index >= 15 is 0 Å². The molecule has 1 aromatic heterocycles. The SMILES string of the molecule is CCOc1ccc(CCCNC(=O)CSc2n[nH]c(CC)n2)cc1. The second kappa shape index (κ2) is 9.97. The van der Waals surface area contributed by atoms with E-state index in [1.54, 1.807) is 0 Å². The minimum Gasteiger partial charge on any atom is -0.494 e. The number of aromatic amines is 1. The Hall–Kier alpha value is -2.02. The molecule has 0 fully saturated rings. The maximum atomic E-state index is 11.8. The first-order chi connectivity index (χ1) is 11.7. The molecule has 7 heteroatoms. The van der Waals surface area contributed by atoms with Crippen LogP contribution in [0.15, 0.2) is 29.4 Å². The number of rotatable bonds is 10. The number of carbonyl (C=O) groups excluding carboxylic acids is 1. The average Bonchev–Trinajstić information content (AvgIpc) is 3.07. The van der Waals surface area contributed by atoms with Crippen LogP contribution in [0.1, 0.15) is 31.7 Å². The van der Waals surface area contributed by atoms with E-state index in [1.807, 2.05) is 26.0 Å². The lowest BCUT2D eigenvalue weighted by Crippen LogP contribution is -2.26. The Bertz CT molecular complexity index is 628. The highest BCUT2D eigenvalue weighted by Gasteiger charge is 2.06. The van der Waals surface area contributed by atoms with E-state index in [0.29, 0.717) is 24.1 Å². The van der Waals surface area contributed by atoms with E-state index in [1.165, 1.54) is 17.3 Å². The number of aryl methyl sites for hydroxylation is 2. The topological polar surface area (TPSA) is 79.9 Å². The zero-order valence-corrected chi connectivity index (χ0v) is 15.0. The normalized spacial score (nSPS) is 10.6. The van der Waals surface area contributed by atoms with Gasteiger partial charge in [-0.25, -0.2) is 4.98 Å². The Balaban J connectivity index is 1.60. The van der Waals surface area contributed by atoms with Crippen LogP contribution in [0.2, 0.25) is 0 Å². The highest BCUT2D eigenvalue weighted by molar-refractivity contribution is 7.99. The molecule has 0 unspecified atom stereocenters. The van der Waals surface area contributed by atoms with Gasteiger partial charge in [-0.3, -0.25) is 9.89 Å². The van der Waals surface area contributed by atoms with Crippen molar-refractivity contribution < 1.29 is 9.53 Å². The number of benzene rings is 1. The molecule has 0 spiro atoms. The standard InChI is InChI=1S/C17H24N4O2S/c1-3-15-19-17(21-20-15)24-12-16(22)18-11-5-6-13-7-9-14(10-8-13)23-4-2/h7-10H,3-6,11-12H2,1-2H3,(H,18,22)(H,19,20,21). The summed E-state index contributed by atoms with van der Waals surface area (Å²) < 4.78 is 5.42. The molecule has 2 N–H and O–H groups in total. The molecule has 0 saturated carbocycles. The first kappa shape index (κ1) is 18.3. The monoisotopic (exact) mass is 348 g/mol. The van der Waals surface area contributed by atoms with Crippen molar-refractivity contribution in [1.82, 2.24) is 20.5 Å². The van der Waals surface area contributed by atoms with Crippen LogP contribution in [0, 0.1) is 0 Å². The molecule has 0 aliphatic rings. The number of H-pyrrole nitrogens is 1. The van der Waals surface area contributed by atoms with E-state index in [0.717, 1.165) is 30.8 Å². The zero-order valence-electron chi connectivity index (χ0n) is 14.2. The summed E-state index contributed by atoms with van der Waals surface area (Å²) in [6.07, 6.45) is 2.65. The van der Waals surface area contributed by atoms with Crippen LogP contribution in [0.3, 0.4) is 0 Å². The molecular formula is C17H24N4O2S. The Morgan fingerprint density at radius 2 is 2.08 bits per heavy atom. The van der Waals surface area contributed by atoms with Gasteiger partial charge in [-0.1, -0.05) is 30.8 Å². The van der Waals surface area contributed by atoms with Crippen LogP contribution in [0.4, 0.5) is 0 Å². The summed E-state index contributed by atoms with van der Waals surface area (Å²) >= 11 is 1.35. The van der Waals surface area contributed by atoms with Gasteiger partial charge in [0.1, 0.15) is 11.6 Å². The molecule has 1 heterocycles. The lowest BCUT2D eigenvalue weighted by Gasteiger charge is -2.06. The number of nitrogens with zero attached hydrogens (tertiary/aromatic N) is 2. The van der Waals surface area contributed by atoms with Crippen molar-refractivity contribution in [3.63, 3.8) is 0 Å². The number of aromatic nitrogens is 3. The number of nitrogens with one attached hydrogen (secondary N) is 2. The van der Waals surface area contributed by atoms with Gasteiger partial charge in [0, 0.05) is 13.0 Å². The molecule has 130 valence electrons. The summed E-state index contributed by atoms with van der Waals surface area (Å²) in [7, 11) is 0. The van der Waals surface area contributed by atoms with Crippen molar-refractivity contribution >= 4 is 17.7 Å². The van der Waals surface area contributed by atoms with Gasteiger partial charge in [-0.2, -0.15) is 0 Å². The molecule has 0 radical (unpaired) electrons. The Morgan fingerprint density at radius 3 is 2.75 bits per heavy atom. The van der Waals surface area contributed by atoms with Gasteiger partial charge in [0.15, 0.2) is 0 Å². The van der Waals surface area contributed by atoms with E-state index < -0.39 is 0 Å². The summed E-state index contributed by atoms with van der Waals surface area (Å²) in [5, 5.41) is 10.4. The summed E-state index contributed by atoms with van der Waals surface area (Å²) in [5.74, 6) is 2.08. The third-order valence-electron chi connectivity index (χ3n) is 3.38.